The van der Waals surface area contributed by atoms with Gasteiger partial charge in [-0.1, -0.05) is 102 Å². The summed E-state index contributed by atoms with van der Waals surface area (Å²) in [6, 6.07) is 29.4. The van der Waals surface area contributed by atoms with Crippen LogP contribution in [-0.2, 0) is 11.2 Å². The Kier molecular flexibility index (Phi) is 7.71. The summed E-state index contributed by atoms with van der Waals surface area (Å²) in [5.41, 5.74) is 6.77. The standard InChI is InChI=1S/C26H23NO.C4H6O2/c1-20-25(15-9-8-12-21-10-4-2-5-11-21)26(28-27-20)24-18-16-23(17-19-24)22-13-6-3-7-14-22;5-4(6)3-1-2-3/h2-7,9-11,13-19H,8,12H2,1H3;3H,1-2H2,(H,5,6)/b15-9+;. The molecule has 4 nitrogen and oxygen atoms in total. The number of aryl methyl sites for hydroxylation is 2. The zero-order valence-electron chi connectivity index (χ0n) is 19.4. The number of benzene rings is 3. The molecule has 0 amide bonds. The van der Waals surface area contributed by atoms with E-state index in [4.69, 9.17) is 9.63 Å². The molecule has 1 heterocycles. The van der Waals surface area contributed by atoms with Crippen molar-refractivity contribution in [3.63, 3.8) is 0 Å². The van der Waals surface area contributed by atoms with Gasteiger partial charge in [0.15, 0.2) is 5.76 Å². The number of allylic oxidation sites excluding steroid dienone is 1. The quantitative estimate of drug-likeness (QED) is 0.317. The van der Waals surface area contributed by atoms with Crippen molar-refractivity contribution in [3.8, 4) is 22.5 Å². The molecule has 4 heteroatoms. The van der Waals surface area contributed by atoms with E-state index in [9.17, 15) is 4.79 Å². The van der Waals surface area contributed by atoms with Gasteiger partial charge in [-0.25, -0.2) is 0 Å². The summed E-state index contributed by atoms with van der Waals surface area (Å²) in [6.07, 6.45) is 8.15. The summed E-state index contributed by atoms with van der Waals surface area (Å²) in [5.74, 6) is 0.216. The van der Waals surface area contributed by atoms with Crippen LogP contribution in [0.5, 0.6) is 0 Å². The molecular formula is C30H29NO3. The molecule has 0 radical (unpaired) electrons. The summed E-state index contributed by atoms with van der Waals surface area (Å²) < 4.78 is 5.64. The van der Waals surface area contributed by atoms with E-state index in [2.05, 4.69) is 96.2 Å². The van der Waals surface area contributed by atoms with Gasteiger partial charge in [-0.3, -0.25) is 4.79 Å². The lowest BCUT2D eigenvalue weighted by Gasteiger charge is -2.03. The fraction of sp³-hybridized carbons (Fsp3) is 0.200. The lowest BCUT2D eigenvalue weighted by atomic mass is 10.0. The fourth-order valence-electron chi connectivity index (χ4n) is 3.65. The van der Waals surface area contributed by atoms with Crippen LogP contribution in [0.15, 0.2) is 95.5 Å². The summed E-state index contributed by atoms with van der Waals surface area (Å²) in [7, 11) is 0. The maximum Gasteiger partial charge on any atom is 0.306 e. The van der Waals surface area contributed by atoms with Crippen molar-refractivity contribution in [2.24, 2.45) is 5.92 Å². The zero-order valence-corrected chi connectivity index (χ0v) is 19.4. The third-order valence-electron chi connectivity index (χ3n) is 5.82. The minimum atomic E-state index is -0.630. The molecule has 34 heavy (non-hydrogen) atoms. The highest BCUT2D eigenvalue weighted by atomic mass is 16.5. The topological polar surface area (TPSA) is 63.3 Å². The predicted octanol–water partition coefficient (Wildman–Crippen LogP) is 7.44. The Bertz CT molecular complexity index is 1220. The first kappa shape index (κ1) is 23.2. The molecule has 1 aliphatic rings. The van der Waals surface area contributed by atoms with Crippen LogP contribution < -0.4 is 0 Å². The second-order valence-corrected chi connectivity index (χ2v) is 8.49. The third-order valence-corrected chi connectivity index (χ3v) is 5.82. The molecule has 172 valence electrons. The number of carbonyl (C=O) groups is 1. The molecule has 3 aromatic carbocycles. The third kappa shape index (κ3) is 6.32. The Labute approximate surface area is 200 Å². The number of aromatic nitrogens is 1. The van der Waals surface area contributed by atoms with Crippen molar-refractivity contribution in [1.82, 2.24) is 5.16 Å². The Morgan fingerprint density at radius 1 is 0.912 bits per heavy atom. The molecule has 0 aliphatic heterocycles. The van der Waals surface area contributed by atoms with Crippen molar-refractivity contribution < 1.29 is 14.4 Å². The molecule has 0 bridgehead atoms. The molecule has 0 saturated heterocycles. The van der Waals surface area contributed by atoms with Crippen LogP contribution in [0.4, 0.5) is 0 Å². The number of carboxylic acid groups (broad SMARTS) is 1. The average Bonchev–Trinajstić information content (AvgIpc) is 3.67. The van der Waals surface area contributed by atoms with E-state index in [-0.39, 0.29) is 5.92 Å². The van der Waals surface area contributed by atoms with Gasteiger partial charge in [0.25, 0.3) is 0 Å². The Morgan fingerprint density at radius 3 is 2.09 bits per heavy atom. The zero-order chi connectivity index (χ0) is 23.8. The Balaban J connectivity index is 0.000000398. The second kappa shape index (κ2) is 11.3. The Morgan fingerprint density at radius 2 is 1.50 bits per heavy atom. The van der Waals surface area contributed by atoms with Crippen molar-refractivity contribution in [2.45, 2.75) is 32.6 Å². The normalized spacial score (nSPS) is 12.9. The van der Waals surface area contributed by atoms with Gasteiger partial charge < -0.3 is 9.63 Å². The predicted molar refractivity (Wildman–Crippen MR) is 136 cm³/mol. The Hall–Kier alpha value is -3.92. The van der Waals surface area contributed by atoms with Gasteiger partial charge in [0.1, 0.15) is 0 Å². The molecule has 4 aromatic rings. The number of rotatable bonds is 7. The first-order valence-corrected chi connectivity index (χ1v) is 11.7. The van der Waals surface area contributed by atoms with Gasteiger partial charge in [-0.2, -0.15) is 0 Å². The first-order chi connectivity index (χ1) is 16.6. The van der Waals surface area contributed by atoms with Gasteiger partial charge in [-0.15, -0.1) is 0 Å². The van der Waals surface area contributed by atoms with E-state index >= 15 is 0 Å². The van der Waals surface area contributed by atoms with Crippen molar-refractivity contribution in [1.29, 1.82) is 0 Å². The van der Waals surface area contributed by atoms with Crippen molar-refractivity contribution >= 4 is 12.0 Å². The van der Waals surface area contributed by atoms with Crippen LogP contribution in [0.1, 0.15) is 36.1 Å². The van der Waals surface area contributed by atoms with E-state index in [0.717, 1.165) is 48.3 Å². The minimum Gasteiger partial charge on any atom is -0.481 e. The van der Waals surface area contributed by atoms with E-state index in [1.165, 1.54) is 16.7 Å². The van der Waals surface area contributed by atoms with Crippen LogP contribution in [0.2, 0.25) is 0 Å². The van der Waals surface area contributed by atoms with Gasteiger partial charge >= 0.3 is 5.97 Å². The molecule has 1 aliphatic carbocycles. The van der Waals surface area contributed by atoms with E-state index < -0.39 is 5.97 Å². The number of aliphatic carboxylic acids is 1. The molecule has 0 atom stereocenters. The highest BCUT2D eigenvalue weighted by Gasteiger charge is 2.28. The van der Waals surface area contributed by atoms with Gasteiger partial charge in [-0.05, 0) is 49.3 Å². The fourth-order valence-corrected chi connectivity index (χ4v) is 3.65. The lowest BCUT2D eigenvalue weighted by molar-refractivity contribution is -0.138. The maximum atomic E-state index is 9.76. The molecule has 1 saturated carbocycles. The summed E-state index contributed by atoms with van der Waals surface area (Å²) in [4.78, 5) is 9.76. The summed E-state index contributed by atoms with van der Waals surface area (Å²) in [6.45, 7) is 1.99. The van der Waals surface area contributed by atoms with Crippen LogP contribution in [0.25, 0.3) is 28.5 Å². The van der Waals surface area contributed by atoms with Gasteiger partial charge in [0.05, 0.1) is 11.6 Å². The first-order valence-electron chi connectivity index (χ1n) is 11.7. The SMILES string of the molecule is Cc1noc(-c2ccc(-c3ccccc3)cc2)c1/C=C/CCc1ccccc1.O=C(O)C1CC1. The number of hydrogen-bond acceptors (Lipinski definition) is 3. The highest BCUT2D eigenvalue weighted by Crippen LogP contribution is 2.30. The molecule has 1 N–H and O–H groups in total. The van der Waals surface area contributed by atoms with E-state index in [1.807, 2.05) is 13.0 Å². The van der Waals surface area contributed by atoms with E-state index in [0.29, 0.717) is 0 Å². The van der Waals surface area contributed by atoms with Crippen LogP contribution in [0, 0.1) is 12.8 Å². The van der Waals surface area contributed by atoms with Crippen molar-refractivity contribution in [3.05, 3.63) is 108 Å². The highest BCUT2D eigenvalue weighted by molar-refractivity contribution is 5.74. The molecule has 1 fully saturated rings. The van der Waals surface area contributed by atoms with Crippen LogP contribution >= 0.6 is 0 Å². The number of nitrogens with zero attached hydrogens (tertiary/aromatic N) is 1. The monoisotopic (exact) mass is 451 g/mol. The molecular weight excluding hydrogens is 422 g/mol. The number of carboxylic acids is 1. The van der Waals surface area contributed by atoms with E-state index in [1.54, 1.807) is 0 Å². The average molecular weight is 452 g/mol. The summed E-state index contributed by atoms with van der Waals surface area (Å²) in [5, 5.41) is 12.2. The largest absolute Gasteiger partial charge is 0.481 e. The molecule has 0 spiro atoms. The van der Waals surface area contributed by atoms with Crippen LogP contribution in [-0.4, -0.2) is 16.2 Å². The smallest absolute Gasteiger partial charge is 0.306 e. The van der Waals surface area contributed by atoms with Gasteiger partial charge in [0.2, 0.25) is 0 Å². The second-order valence-electron chi connectivity index (χ2n) is 8.49. The van der Waals surface area contributed by atoms with Gasteiger partial charge in [0, 0.05) is 11.1 Å². The van der Waals surface area contributed by atoms with Crippen molar-refractivity contribution in [2.75, 3.05) is 0 Å². The summed E-state index contributed by atoms with van der Waals surface area (Å²) >= 11 is 0. The minimum absolute atomic E-state index is 0.0185. The molecule has 1 aromatic heterocycles. The maximum absolute atomic E-state index is 9.76. The lowest BCUT2D eigenvalue weighted by Crippen LogP contribution is -1.94. The molecule has 0 unspecified atom stereocenters. The molecule has 5 rings (SSSR count). The van der Waals surface area contributed by atoms with Crippen LogP contribution in [0.3, 0.4) is 0 Å². The number of hydrogen-bond donors (Lipinski definition) is 1.